The van der Waals surface area contributed by atoms with Crippen molar-refractivity contribution < 1.29 is 4.79 Å². The van der Waals surface area contributed by atoms with Crippen molar-refractivity contribution in [2.75, 3.05) is 13.1 Å². The van der Waals surface area contributed by atoms with Crippen LogP contribution in [0.15, 0.2) is 17.5 Å². The van der Waals surface area contributed by atoms with Crippen LogP contribution in [0, 0.1) is 11.3 Å². The summed E-state index contributed by atoms with van der Waals surface area (Å²) in [5.74, 6) is 0.909. The molecule has 1 saturated heterocycles. The van der Waals surface area contributed by atoms with E-state index in [4.69, 9.17) is 0 Å². The van der Waals surface area contributed by atoms with Gasteiger partial charge in [0.15, 0.2) is 0 Å². The highest BCUT2D eigenvalue weighted by molar-refractivity contribution is 7.09. The Bertz CT molecular complexity index is 451. The van der Waals surface area contributed by atoms with Crippen molar-refractivity contribution in [3.05, 3.63) is 22.4 Å². The minimum absolute atomic E-state index is 0.209. The highest BCUT2D eigenvalue weighted by Crippen LogP contribution is 2.46. The van der Waals surface area contributed by atoms with Crippen molar-refractivity contribution in [1.29, 1.82) is 0 Å². The molecule has 2 aliphatic rings. The first kappa shape index (κ1) is 15.0. The highest BCUT2D eigenvalue weighted by atomic mass is 32.1. The van der Waals surface area contributed by atoms with E-state index in [0.29, 0.717) is 24.3 Å². The van der Waals surface area contributed by atoms with Crippen LogP contribution in [0.2, 0.25) is 0 Å². The average molecular weight is 306 g/mol. The molecule has 0 aromatic carbocycles. The third-order valence-corrected chi connectivity index (χ3v) is 6.22. The van der Waals surface area contributed by atoms with Gasteiger partial charge in [0.05, 0.1) is 6.54 Å². The highest BCUT2D eigenvalue weighted by Gasteiger charge is 2.42. The minimum Gasteiger partial charge on any atom is -0.351 e. The zero-order valence-electron chi connectivity index (χ0n) is 12.7. The number of hydrogen-bond donors (Lipinski definition) is 2. The summed E-state index contributed by atoms with van der Waals surface area (Å²) in [7, 11) is 0. The number of amides is 1. The van der Waals surface area contributed by atoms with Crippen LogP contribution in [0.5, 0.6) is 0 Å². The topological polar surface area (TPSA) is 41.1 Å². The van der Waals surface area contributed by atoms with Gasteiger partial charge in [-0.05, 0) is 48.6 Å². The molecule has 1 aromatic rings. The van der Waals surface area contributed by atoms with E-state index >= 15 is 0 Å². The van der Waals surface area contributed by atoms with Gasteiger partial charge in [-0.2, -0.15) is 0 Å². The van der Waals surface area contributed by atoms with Crippen molar-refractivity contribution in [1.82, 2.24) is 10.6 Å². The molecule has 21 heavy (non-hydrogen) atoms. The molecule has 1 aliphatic heterocycles. The molecule has 2 heterocycles. The monoisotopic (exact) mass is 306 g/mol. The molecule has 1 saturated carbocycles. The Kier molecular flexibility index (Phi) is 4.96. The summed E-state index contributed by atoms with van der Waals surface area (Å²) >= 11 is 1.70. The van der Waals surface area contributed by atoms with Gasteiger partial charge in [0.2, 0.25) is 5.91 Å². The number of carbonyl (C=O) groups is 1. The molecule has 1 unspecified atom stereocenters. The predicted molar refractivity (Wildman–Crippen MR) is 87.3 cm³/mol. The molecule has 4 heteroatoms. The van der Waals surface area contributed by atoms with Gasteiger partial charge in [0.1, 0.15) is 0 Å². The lowest BCUT2D eigenvalue weighted by atomic mass is 9.66. The molecule has 3 rings (SSSR count). The standard InChI is InChI=1S/C17H26N2OS/c20-16(19-12-15-5-4-10-21-15)7-6-14-11-18-13-17(14)8-2-1-3-9-17/h4-5,10,14,18H,1-3,6-9,11-13H2,(H,19,20). The minimum atomic E-state index is 0.209. The quantitative estimate of drug-likeness (QED) is 0.876. The van der Waals surface area contributed by atoms with E-state index < -0.39 is 0 Å². The Balaban J connectivity index is 1.44. The van der Waals surface area contributed by atoms with Gasteiger partial charge in [0, 0.05) is 17.8 Å². The van der Waals surface area contributed by atoms with E-state index in [0.717, 1.165) is 13.0 Å². The van der Waals surface area contributed by atoms with E-state index in [1.807, 2.05) is 6.07 Å². The number of hydrogen-bond acceptors (Lipinski definition) is 3. The number of thiophene rings is 1. The molecule has 1 amide bonds. The smallest absolute Gasteiger partial charge is 0.220 e. The van der Waals surface area contributed by atoms with Gasteiger partial charge in [0.25, 0.3) is 0 Å². The van der Waals surface area contributed by atoms with E-state index in [9.17, 15) is 4.79 Å². The van der Waals surface area contributed by atoms with Crippen molar-refractivity contribution in [3.63, 3.8) is 0 Å². The van der Waals surface area contributed by atoms with Crippen LogP contribution in [0.1, 0.15) is 49.8 Å². The number of nitrogens with one attached hydrogen (secondary N) is 2. The van der Waals surface area contributed by atoms with Gasteiger partial charge in [-0.15, -0.1) is 11.3 Å². The third kappa shape index (κ3) is 3.67. The van der Waals surface area contributed by atoms with E-state index in [1.165, 1.54) is 43.5 Å². The maximum atomic E-state index is 12.0. The fourth-order valence-electron chi connectivity index (χ4n) is 4.10. The summed E-state index contributed by atoms with van der Waals surface area (Å²) in [5.41, 5.74) is 0.506. The van der Waals surface area contributed by atoms with E-state index in [1.54, 1.807) is 11.3 Å². The largest absolute Gasteiger partial charge is 0.351 e. The lowest BCUT2D eigenvalue weighted by Crippen LogP contribution is -2.33. The second kappa shape index (κ2) is 6.93. The Morgan fingerprint density at radius 2 is 2.24 bits per heavy atom. The molecule has 0 bridgehead atoms. The van der Waals surface area contributed by atoms with Crippen molar-refractivity contribution >= 4 is 17.2 Å². The van der Waals surface area contributed by atoms with Gasteiger partial charge in [-0.1, -0.05) is 25.3 Å². The van der Waals surface area contributed by atoms with E-state index in [-0.39, 0.29) is 5.91 Å². The average Bonchev–Trinajstić information content (AvgIpc) is 3.14. The Morgan fingerprint density at radius 3 is 3.00 bits per heavy atom. The molecule has 1 spiro atoms. The lowest BCUT2D eigenvalue weighted by molar-refractivity contribution is -0.121. The lowest BCUT2D eigenvalue weighted by Gasteiger charge is -2.38. The summed E-state index contributed by atoms with van der Waals surface area (Å²) in [5, 5.41) is 8.69. The van der Waals surface area contributed by atoms with Crippen molar-refractivity contribution in [3.8, 4) is 0 Å². The first-order valence-electron chi connectivity index (χ1n) is 8.28. The third-order valence-electron chi connectivity index (χ3n) is 5.34. The van der Waals surface area contributed by atoms with Gasteiger partial charge in [-0.25, -0.2) is 0 Å². The van der Waals surface area contributed by atoms with Crippen LogP contribution >= 0.6 is 11.3 Å². The van der Waals surface area contributed by atoms with Crippen molar-refractivity contribution in [2.45, 2.75) is 51.5 Å². The van der Waals surface area contributed by atoms with Crippen LogP contribution < -0.4 is 10.6 Å². The molecule has 1 aliphatic carbocycles. The Hall–Kier alpha value is -0.870. The zero-order chi connectivity index (χ0) is 14.5. The SMILES string of the molecule is O=C(CCC1CNCC12CCCCC2)NCc1cccs1. The van der Waals surface area contributed by atoms with Crippen LogP contribution in [0.3, 0.4) is 0 Å². The van der Waals surface area contributed by atoms with E-state index in [2.05, 4.69) is 22.1 Å². The molecule has 1 aromatic heterocycles. The van der Waals surface area contributed by atoms with Gasteiger partial charge in [-0.3, -0.25) is 4.79 Å². The van der Waals surface area contributed by atoms with Crippen molar-refractivity contribution in [2.24, 2.45) is 11.3 Å². The Labute approximate surface area is 131 Å². The summed E-state index contributed by atoms with van der Waals surface area (Å²) in [6.07, 6.45) is 8.60. The van der Waals surface area contributed by atoms with Crippen LogP contribution in [0.4, 0.5) is 0 Å². The van der Waals surface area contributed by atoms with Crippen LogP contribution in [-0.4, -0.2) is 19.0 Å². The predicted octanol–water partition coefficient (Wildman–Crippen LogP) is 3.31. The molecule has 2 fully saturated rings. The normalized spacial score (nSPS) is 24.3. The van der Waals surface area contributed by atoms with Gasteiger partial charge >= 0.3 is 0 Å². The van der Waals surface area contributed by atoms with Crippen LogP contribution in [0.25, 0.3) is 0 Å². The fourth-order valence-corrected chi connectivity index (χ4v) is 4.74. The molecule has 2 N–H and O–H groups in total. The second-order valence-corrected chi connectivity index (χ2v) is 7.68. The maximum Gasteiger partial charge on any atom is 0.220 e. The molecule has 3 nitrogen and oxygen atoms in total. The molecular formula is C17H26N2OS. The molecule has 0 radical (unpaired) electrons. The first-order chi connectivity index (χ1) is 10.3. The second-order valence-electron chi connectivity index (χ2n) is 6.65. The molecule has 1 atom stereocenters. The first-order valence-corrected chi connectivity index (χ1v) is 9.16. The summed E-state index contributed by atoms with van der Waals surface area (Å²) in [6.45, 7) is 2.97. The summed E-state index contributed by atoms with van der Waals surface area (Å²) in [6, 6.07) is 4.10. The maximum absolute atomic E-state index is 12.0. The number of carbonyl (C=O) groups excluding carboxylic acids is 1. The summed E-state index contributed by atoms with van der Waals surface area (Å²) < 4.78 is 0. The Morgan fingerprint density at radius 1 is 1.38 bits per heavy atom. The molecular weight excluding hydrogens is 280 g/mol. The number of rotatable bonds is 5. The fraction of sp³-hybridized carbons (Fsp3) is 0.706. The zero-order valence-corrected chi connectivity index (χ0v) is 13.5. The molecule has 116 valence electrons. The van der Waals surface area contributed by atoms with Crippen LogP contribution in [-0.2, 0) is 11.3 Å². The van der Waals surface area contributed by atoms with Gasteiger partial charge < -0.3 is 10.6 Å². The summed E-state index contributed by atoms with van der Waals surface area (Å²) in [4.78, 5) is 13.3.